The van der Waals surface area contributed by atoms with Gasteiger partial charge in [-0.15, -0.1) is 24.2 Å². The van der Waals surface area contributed by atoms with Crippen LogP contribution in [0.1, 0.15) is 17.9 Å². The SMILES string of the molecule is Cl.O=C(CSc1ccc(O)cc1)NC1CNCCC1c1ccc(F)c(F)c1. The van der Waals surface area contributed by atoms with E-state index >= 15 is 0 Å². The number of amides is 1. The molecule has 0 saturated carbocycles. The molecule has 3 rings (SSSR count). The van der Waals surface area contributed by atoms with Crippen molar-refractivity contribution in [1.29, 1.82) is 0 Å². The first-order chi connectivity index (χ1) is 12.5. The monoisotopic (exact) mass is 414 g/mol. The van der Waals surface area contributed by atoms with E-state index in [1.54, 1.807) is 30.3 Å². The largest absolute Gasteiger partial charge is 0.508 e. The smallest absolute Gasteiger partial charge is 0.230 e. The summed E-state index contributed by atoms with van der Waals surface area (Å²) >= 11 is 1.37. The molecular formula is C19H21ClF2N2O2S. The van der Waals surface area contributed by atoms with E-state index in [-0.39, 0.29) is 41.8 Å². The molecule has 1 aliphatic heterocycles. The standard InChI is InChI=1S/C19H20F2N2O2S.ClH/c20-16-6-1-12(9-17(16)21)15-7-8-22-10-18(15)23-19(25)11-26-14-4-2-13(24)3-5-14;/h1-6,9,15,18,22,24H,7-8,10-11H2,(H,23,25);1H. The highest BCUT2D eigenvalue weighted by Gasteiger charge is 2.28. The van der Waals surface area contributed by atoms with Gasteiger partial charge in [-0.25, -0.2) is 8.78 Å². The van der Waals surface area contributed by atoms with E-state index in [9.17, 15) is 18.7 Å². The fourth-order valence-corrected chi connectivity index (χ4v) is 3.80. The van der Waals surface area contributed by atoms with Crippen LogP contribution in [0.25, 0.3) is 0 Å². The zero-order valence-electron chi connectivity index (χ0n) is 14.5. The first-order valence-electron chi connectivity index (χ1n) is 8.40. The van der Waals surface area contributed by atoms with Crippen molar-refractivity contribution in [3.63, 3.8) is 0 Å². The second-order valence-electron chi connectivity index (χ2n) is 6.23. The molecular weight excluding hydrogens is 394 g/mol. The van der Waals surface area contributed by atoms with Crippen molar-refractivity contribution in [2.45, 2.75) is 23.3 Å². The fourth-order valence-electron chi connectivity index (χ4n) is 3.09. The van der Waals surface area contributed by atoms with Crippen LogP contribution in [0, 0.1) is 11.6 Å². The van der Waals surface area contributed by atoms with Crippen molar-refractivity contribution in [2.24, 2.45) is 0 Å². The van der Waals surface area contributed by atoms with Crippen LogP contribution in [0.4, 0.5) is 8.78 Å². The molecule has 3 N–H and O–H groups in total. The van der Waals surface area contributed by atoms with E-state index in [4.69, 9.17) is 0 Å². The molecule has 1 fully saturated rings. The summed E-state index contributed by atoms with van der Waals surface area (Å²) in [6, 6.07) is 10.4. The van der Waals surface area contributed by atoms with Crippen LogP contribution in [0.2, 0.25) is 0 Å². The van der Waals surface area contributed by atoms with E-state index in [0.717, 1.165) is 23.9 Å². The van der Waals surface area contributed by atoms with Gasteiger partial charge in [-0.3, -0.25) is 4.79 Å². The minimum atomic E-state index is -0.867. The van der Waals surface area contributed by atoms with Gasteiger partial charge in [0, 0.05) is 23.4 Å². The number of hydrogen-bond donors (Lipinski definition) is 3. The Balaban J connectivity index is 0.00000261. The molecule has 8 heteroatoms. The van der Waals surface area contributed by atoms with Gasteiger partial charge in [-0.2, -0.15) is 0 Å². The third-order valence-corrected chi connectivity index (χ3v) is 5.42. The van der Waals surface area contributed by atoms with E-state index < -0.39 is 11.6 Å². The highest BCUT2D eigenvalue weighted by molar-refractivity contribution is 8.00. The predicted octanol–water partition coefficient (Wildman–Crippen LogP) is 3.45. The van der Waals surface area contributed by atoms with Crippen LogP contribution in [0.3, 0.4) is 0 Å². The lowest BCUT2D eigenvalue weighted by Crippen LogP contribution is -2.50. The van der Waals surface area contributed by atoms with Gasteiger partial charge in [0.2, 0.25) is 5.91 Å². The number of thioether (sulfide) groups is 1. The lowest BCUT2D eigenvalue weighted by atomic mass is 9.86. The van der Waals surface area contributed by atoms with Crippen LogP contribution >= 0.6 is 24.2 Å². The summed E-state index contributed by atoms with van der Waals surface area (Å²) in [6.45, 7) is 1.34. The van der Waals surface area contributed by atoms with Crippen molar-refractivity contribution < 1.29 is 18.7 Å². The van der Waals surface area contributed by atoms with Crippen molar-refractivity contribution in [3.05, 3.63) is 59.7 Å². The van der Waals surface area contributed by atoms with Gasteiger partial charge in [-0.05, 0) is 54.9 Å². The number of rotatable bonds is 5. The Labute approximate surface area is 167 Å². The van der Waals surface area contributed by atoms with Crippen molar-refractivity contribution in [1.82, 2.24) is 10.6 Å². The second kappa shape index (κ2) is 9.92. The number of halogens is 3. The molecule has 0 bridgehead atoms. The maximum Gasteiger partial charge on any atom is 0.230 e. The summed E-state index contributed by atoms with van der Waals surface area (Å²) in [7, 11) is 0. The van der Waals surface area contributed by atoms with Crippen LogP contribution < -0.4 is 10.6 Å². The quantitative estimate of drug-likeness (QED) is 0.656. The Kier molecular flexibility index (Phi) is 7.89. The summed E-state index contributed by atoms with van der Waals surface area (Å²) in [5.74, 6) is -1.49. The first-order valence-corrected chi connectivity index (χ1v) is 9.38. The Morgan fingerprint density at radius 3 is 2.63 bits per heavy atom. The van der Waals surface area contributed by atoms with Crippen LogP contribution in [-0.2, 0) is 4.79 Å². The van der Waals surface area contributed by atoms with Crippen molar-refractivity contribution >= 4 is 30.1 Å². The number of hydrogen-bond acceptors (Lipinski definition) is 4. The molecule has 2 unspecified atom stereocenters. The number of phenolic OH excluding ortho intramolecular Hbond substituents is 1. The Hall–Kier alpha value is -1.83. The maximum atomic E-state index is 13.6. The van der Waals surface area contributed by atoms with Gasteiger partial charge in [-0.1, -0.05) is 6.07 Å². The Bertz CT molecular complexity index is 777. The Morgan fingerprint density at radius 2 is 1.93 bits per heavy atom. The van der Waals surface area contributed by atoms with Crippen LogP contribution in [0.5, 0.6) is 5.75 Å². The highest BCUT2D eigenvalue weighted by atomic mass is 35.5. The van der Waals surface area contributed by atoms with Gasteiger partial charge in [0.1, 0.15) is 5.75 Å². The van der Waals surface area contributed by atoms with Crippen LogP contribution in [-0.4, -0.2) is 35.9 Å². The summed E-state index contributed by atoms with van der Waals surface area (Å²) < 4.78 is 26.7. The summed E-state index contributed by atoms with van der Waals surface area (Å²) in [6.07, 6.45) is 0.737. The normalized spacial score (nSPS) is 19.2. The van der Waals surface area contributed by atoms with Crippen molar-refractivity contribution in [3.8, 4) is 5.75 Å². The molecule has 2 aromatic carbocycles. The Morgan fingerprint density at radius 1 is 1.19 bits per heavy atom. The molecule has 0 spiro atoms. The van der Waals surface area contributed by atoms with Gasteiger partial charge >= 0.3 is 0 Å². The van der Waals surface area contributed by atoms with E-state index in [0.29, 0.717) is 12.1 Å². The molecule has 1 aliphatic rings. The predicted molar refractivity (Wildman–Crippen MR) is 105 cm³/mol. The van der Waals surface area contributed by atoms with Gasteiger partial charge in [0.15, 0.2) is 11.6 Å². The second-order valence-corrected chi connectivity index (χ2v) is 7.28. The van der Waals surface area contributed by atoms with Gasteiger partial charge in [0.25, 0.3) is 0 Å². The number of aromatic hydroxyl groups is 1. The summed E-state index contributed by atoms with van der Waals surface area (Å²) in [5.41, 5.74) is 0.696. The average Bonchev–Trinajstić information content (AvgIpc) is 2.64. The third-order valence-electron chi connectivity index (χ3n) is 4.41. The average molecular weight is 415 g/mol. The number of piperidine rings is 1. The summed E-state index contributed by atoms with van der Waals surface area (Å²) in [4.78, 5) is 13.2. The summed E-state index contributed by atoms with van der Waals surface area (Å²) in [5, 5.41) is 15.5. The number of carbonyl (C=O) groups excluding carboxylic acids is 1. The molecule has 0 radical (unpaired) electrons. The first kappa shape index (κ1) is 21.5. The molecule has 1 amide bonds. The fraction of sp³-hybridized carbons (Fsp3) is 0.316. The van der Waals surface area contributed by atoms with Crippen LogP contribution in [0.15, 0.2) is 47.4 Å². The lowest BCUT2D eigenvalue weighted by Gasteiger charge is -2.33. The van der Waals surface area contributed by atoms with E-state index in [1.165, 1.54) is 17.8 Å². The molecule has 0 aliphatic carbocycles. The van der Waals surface area contributed by atoms with Crippen molar-refractivity contribution in [2.75, 3.05) is 18.8 Å². The molecule has 1 heterocycles. The third kappa shape index (κ3) is 5.82. The molecule has 2 atom stereocenters. The molecule has 4 nitrogen and oxygen atoms in total. The molecule has 1 saturated heterocycles. The zero-order valence-corrected chi connectivity index (χ0v) is 16.1. The lowest BCUT2D eigenvalue weighted by molar-refractivity contribution is -0.119. The van der Waals surface area contributed by atoms with E-state index in [2.05, 4.69) is 10.6 Å². The topological polar surface area (TPSA) is 61.4 Å². The number of phenols is 1. The van der Waals surface area contributed by atoms with E-state index in [1.807, 2.05) is 0 Å². The minimum Gasteiger partial charge on any atom is -0.508 e. The minimum absolute atomic E-state index is 0. The van der Waals surface area contributed by atoms with Gasteiger partial charge in [0.05, 0.1) is 5.75 Å². The molecule has 27 heavy (non-hydrogen) atoms. The number of benzene rings is 2. The number of carbonyl (C=O) groups is 1. The molecule has 146 valence electrons. The highest BCUT2D eigenvalue weighted by Crippen LogP contribution is 2.27. The molecule has 2 aromatic rings. The zero-order chi connectivity index (χ0) is 18.5. The van der Waals surface area contributed by atoms with Gasteiger partial charge < -0.3 is 15.7 Å². The molecule has 0 aromatic heterocycles. The number of nitrogens with one attached hydrogen (secondary N) is 2. The maximum absolute atomic E-state index is 13.6.